The second-order valence-corrected chi connectivity index (χ2v) is 4.99. The highest BCUT2D eigenvalue weighted by atomic mass is 16.6. The van der Waals surface area contributed by atoms with E-state index >= 15 is 0 Å². The average molecular weight is 260 g/mol. The second-order valence-electron chi connectivity index (χ2n) is 4.99. The number of hydrogen-bond acceptors (Lipinski definition) is 4. The summed E-state index contributed by atoms with van der Waals surface area (Å²) >= 11 is 0. The van der Waals surface area contributed by atoms with Gasteiger partial charge >= 0.3 is 6.09 Å². The summed E-state index contributed by atoms with van der Waals surface area (Å²) in [6, 6.07) is 1.70. The summed E-state index contributed by atoms with van der Waals surface area (Å²) in [5.74, 6) is 0.638. The molecule has 0 unspecified atom stereocenters. The van der Waals surface area contributed by atoms with Gasteiger partial charge in [0.05, 0.1) is 11.3 Å². The van der Waals surface area contributed by atoms with Crippen LogP contribution in [-0.4, -0.2) is 26.6 Å². The number of nitrogens with zero attached hydrogens (tertiary/aromatic N) is 2. The van der Waals surface area contributed by atoms with Gasteiger partial charge in [-0.15, -0.1) is 0 Å². The molecule has 0 saturated carbocycles. The lowest BCUT2D eigenvalue weighted by atomic mass is 10.2. The van der Waals surface area contributed by atoms with Crippen LogP contribution in [0, 0.1) is 0 Å². The van der Waals surface area contributed by atoms with E-state index in [1.165, 1.54) is 0 Å². The predicted octanol–water partition coefficient (Wildman–Crippen LogP) is 2.82. The van der Waals surface area contributed by atoms with E-state index in [1.54, 1.807) is 30.9 Å². The Morgan fingerprint density at radius 2 is 2.16 bits per heavy atom. The fourth-order valence-electron chi connectivity index (χ4n) is 1.52. The Bertz CT molecular complexity index is 558. The van der Waals surface area contributed by atoms with Crippen LogP contribution >= 0.6 is 0 Å². The summed E-state index contributed by atoms with van der Waals surface area (Å²) in [6.45, 7) is 5.44. The summed E-state index contributed by atoms with van der Waals surface area (Å²) in [4.78, 5) is 22.9. The zero-order valence-electron chi connectivity index (χ0n) is 11.1. The number of aromatic nitrogens is 3. The Morgan fingerprint density at radius 1 is 1.37 bits per heavy atom. The van der Waals surface area contributed by atoms with E-state index in [2.05, 4.69) is 20.3 Å². The van der Waals surface area contributed by atoms with Crippen molar-refractivity contribution in [3.63, 3.8) is 0 Å². The summed E-state index contributed by atoms with van der Waals surface area (Å²) in [6.07, 6.45) is 6.07. The first kappa shape index (κ1) is 13.1. The maximum Gasteiger partial charge on any atom is 0.412 e. The van der Waals surface area contributed by atoms with Gasteiger partial charge in [0.1, 0.15) is 11.4 Å². The van der Waals surface area contributed by atoms with Gasteiger partial charge in [-0.25, -0.2) is 9.78 Å². The third kappa shape index (κ3) is 3.54. The van der Waals surface area contributed by atoms with Gasteiger partial charge < -0.3 is 9.72 Å². The largest absolute Gasteiger partial charge is 0.444 e. The Labute approximate surface area is 111 Å². The summed E-state index contributed by atoms with van der Waals surface area (Å²) < 4.78 is 5.21. The first-order chi connectivity index (χ1) is 8.96. The zero-order chi connectivity index (χ0) is 13.9. The van der Waals surface area contributed by atoms with E-state index in [1.807, 2.05) is 20.8 Å². The van der Waals surface area contributed by atoms with E-state index < -0.39 is 11.7 Å². The molecule has 1 amide bonds. The van der Waals surface area contributed by atoms with Crippen molar-refractivity contribution < 1.29 is 9.53 Å². The van der Waals surface area contributed by atoms with Crippen LogP contribution in [0.1, 0.15) is 20.8 Å². The SMILES string of the molecule is CC(C)(C)OC(=O)Nc1ccncc1-c1ncc[nH]1. The van der Waals surface area contributed by atoms with Gasteiger partial charge in [0.25, 0.3) is 0 Å². The Kier molecular flexibility index (Phi) is 3.50. The minimum atomic E-state index is -0.540. The van der Waals surface area contributed by atoms with Gasteiger partial charge in [-0.05, 0) is 26.8 Å². The first-order valence-corrected chi connectivity index (χ1v) is 5.89. The number of anilines is 1. The third-order valence-electron chi connectivity index (χ3n) is 2.21. The smallest absolute Gasteiger partial charge is 0.412 e. The Hall–Kier alpha value is -2.37. The number of nitrogens with one attached hydrogen (secondary N) is 2. The predicted molar refractivity (Wildman–Crippen MR) is 71.7 cm³/mol. The molecule has 2 aromatic rings. The van der Waals surface area contributed by atoms with Crippen molar-refractivity contribution in [3.05, 3.63) is 30.9 Å². The molecule has 19 heavy (non-hydrogen) atoms. The number of hydrogen-bond donors (Lipinski definition) is 2. The monoisotopic (exact) mass is 260 g/mol. The Balaban J connectivity index is 2.20. The van der Waals surface area contributed by atoms with Crippen LogP contribution in [-0.2, 0) is 4.74 Å². The molecule has 6 nitrogen and oxygen atoms in total. The summed E-state index contributed by atoms with van der Waals surface area (Å²) in [5, 5.41) is 2.69. The normalized spacial score (nSPS) is 11.1. The number of ether oxygens (including phenoxy) is 1. The topological polar surface area (TPSA) is 79.9 Å². The van der Waals surface area contributed by atoms with Crippen LogP contribution in [0.3, 0.4) is 0 Å². The number of H-pyrrole nitrogens is 1. The van der Waals surface area contributed by atoms with Gasteiger partial charge in [-0.2, -0.15) is 0 Å². The molecule has 0 radical (unpaired) electrons. The number of carbonyl (C=O) groups excluding carboxylic acids is 1. The van der Waals surface area contributed by atoms with Gasteiger partial charge in [0.15, 0.2) is 0 Å². The van der Waals surface area contributed by atoms with Crippen molar-refractivity contribution in [1.29, 1.82) is 0 Å². The molecule has 0 fully saturated rings. The number of rotatable bonds is 2. The lowest BCUT2D eigenvalue weighted by Crippen LogP contribution is -2.27. The molecule has 0 aromatic carbocycles. The van der Waals surface area contributed by atoms with Crippen molar-refractivity contribution in [1.82, 2.24) is 15.0 Å². The minimum absolute atomic E-state index is 0.508. The van der Waals surface area contributed by atoms with Gasteiger partial charge in [-0.1, -0.05) is 0 Å². The summed E-state index contributed by atoms with van der Waals surface area (Å²) in [5.41, 5.74) is 0.764. The number of aromatic amines is 1. The zero-order valence-corrected chi connectivity index (χ0v) is 11.1. The molecule has 0 aliphatic rings. The first-order valence-electron chi connectivity index (χ1n) is 5.89. The lowest BCUT2D eigenvalue weighted by Gasteiger charge is -2.20. The van der Waals surface area contributed by atoms with Crippen LogP contribution in [0.25, 0.3) is 11.4 Å². The fraction of sp³-hybridized carbons (Fsp3) is 0.308. The van der Waals surface area contributed by atoms with Crippen LogP contribution in [0.4, 0.5) is 10.5 Å². The quantitative estimate of drug-likeness (QED) is 0.870. The molecule has 0 spiro atoms. The van der Waals surface area contributed by atoms with Crippen LogP contribution in [0.15, 0.2) is 30.9 Å². The van der Waals surface area contributed by atoms with E-state index in [0.29, 0.717) is 17.1 Å². The minimum Gasteiger partial charge on any atom is -0.444 e. The highest BCUT2D eigenvalue weighted by Gasteiger charge is 2.17. The molecule has 2 N–H and O–H groups in total. The standard InChI is InChI=1S/C13H16N4O2/c1-13(2,3)19-12(18)17-10-4-5-14-8-9(10)11-15-6-7-16-11/h4-8H,1-3H3,(H,15,16)(H,14,17,18). The highest BCUT2D eigenvalue weighted by molar-refractivity contribution is 5.90. The second kappa shape index (κ2) is 5.09. The molecule has 0 atom stereocenters. The third-order valence-corrected chi connectivity index (χ3v) is 2.21. The van der Waals surface area contributed by atoms with Gasteiger partial charge in [0.2, 0.25) is 0 Å². The van der Waals surface area contributed by atoms with Gasteiger partial charge in [0, 0.05) is 24.8 Å². The Morgan fingerprint density at radius 3 is 2.79 bits per heavy atom. The lowest BCUT2D eigenvalue weighted by molar-refractivity contribution is 0.0636. The van der Waals surface area contributed by atoms with E-state index in [9.17, 15) is 4.79 Å². The van der Waals surface area contributed by atoms with E-state index in [4.69, 9.17) is 4.74 Å². The molecule has 0 bridgehead atoms. The number of amides is 1. The molecule has 2 aromatic heterocycles. The summed E-state index contributed by atoms with van der Waals surface area (Å²) in [7, 11) is 0. The molecular weight excluding hydrogens is 244 g/mol. The fourth-order valence-corrected chi connectivity index (χ4v) is 1.52. The molecule has 100 valence electrons. The molecule has 0 saturated heterocycles. The average Bonchev–Trinajstić information content (AvgIpc) is 2.80. The van der Waals surface area contributed by atoms with Crippen molar-refractivity contribution in [2.45, 2.75) is 26.4 Å². The van der Waals surface area contributed by atoms with Crippen molar-refractivity contribution in [3.8, 4) is 11.4 Å². The van der Waals surface area contributed by atoms with Gasteiger partial charge in [-0.3, -0.25) is 10.3 Å². The number of imidazole rings is 1. The molecule has 0 aliphatic carbocycles. The highest BCUT2D eigenvalue weighted by Crippen LogP contribution is 2.24. The van der Waals surface area contributed by atoms with Crippen molar-refractivity contribution >= 4 is 11.8 Å². The van der Waals surface area contributed by atoms with E-state index in [-0.39, 0.29) is 0 Å². The van der Waals surface area contributed by atoms with Crippen molar-refractivity contribution in [2.75, 3.05) is 5.32 Å². The molecular formula is C13H16N4O2. The molecule has 6 heteroatoms. The number of pyridine rings is 1. The van der Waals surface area contributed by atoms with Crippen LogP contribution in [0.5, 0.6) is 0 Å². The molecule has 2 heterocycles. The van der Waals surface area contributed by atoms with Crippen LogP contribution in [0.2, 0.25) is 0 Å². The van der Waals surface area contributed by atoms with Crippen molar-refractivity contribution in [2.24, 2.45) is 0 Å². The maximum atomic E-state index is 11.8. The van der Waals surface area contributed by atoms with E-state index in [0.717, 1.165) is 0 Å². The molecule has 0 aliphatic heterocycles. The number of carbonyl (C=O) groups is 1. The maximum absolute atomic E-state index is 11.8. The van der Waals surface area contributed by atoms with Crippen LogP contribution < -0.4 is 5.32 Å². The molecule has 2 rings (SSSR count).